The molecule has 0 bridgehead atoms. The minimum atomic E-state index is -4.64. The molecular formula is C26H30F3N5O4. The summed E-state index contributed by atoms with van der Waals surface area (Å²) in [5.41, 5.74) is 5.26. The van der Waals surface area contributed by atoms with Gasteiger partial charge in [0.1, 0.15) is 17.0 Å². The number of benzene rings is 1. The van der Waals surface area contributed by atoms with E-state index in [1.807, 2.05) is 6.92 Å². The number of nitrogens with zero attached hydrogens (tertiary/aromatic N) is 2. The van der Waals surface area contributed by atoms with Crippen LogP contribution in [0.25, 0.3) is 22.4 Å². The Labute approximate surface area is 217 Å². The summed E-state index contributed by atoms with van der Waals surface area (Å²) in [4.78, 5) is 33.5. The number of alkyl halides is 3. The van der Waals surface area contributed by atoms with E-state index in [0.29, 0.717) is 17.4 Å². The number of rotatable bonds is 10. The molecule has 2 aromatic heterocycles. The van der Waals surface area contributed by atoms with Gasteiger partial charge in [-0.25, -0.2) is 9.97 Å². The third-order valence-corrected chi connectivity index (χ3v) is 6.29. The van der Waals surface area contributed by atoms with Gasteiger partial charge in [-0.05, 0) is 50.5 Å². The number of oxazole rings is 1. The number of hydrogen-bond donors (Lipinski definition) is 3. The van der Waals surface area contributed by atoms with E-state index in [1.54, 1.807) is 13.0 Å². The predicted molar refractivity (Wildman–Crippen MR) is 133 cm³/mol. The fourth-order valence-electron chi connectivity index (χ4n) is 4.16. The number of amides is 2. The van der Waals surface area contributed by atoms with E-state index < -0.39 is 23.8 Å². The fraction of sp³-hybridized carbons (Fsp3) is 0.462. The Hall–Kier alpha value is -3.67. The van der Waals surface area contributed by atoms with E-state index in [9.17, 15) is 22.8 Å². The summed E-state index contributed by atoms with van der Waals surface area (Å²) < 4.78 is 51.0. The number of halogens is 3. The fourth-order valence-corrected chi connectivity index (χ4v) is 4.16. The highest BCUT2D eigenvalue weighted by Gasteiger charge is 2.34. The second-order valence-corrected chi connectivity index (χ2v) is 9.40. The first-order valence-corrected chi connectivity index (χ1v) is 12.4. The van der Waals surface area contributed by atoms with Crippen molar-refractivity contribution in [3.63, 3.8) is 0 Å². The Kier molecular flexibility index (Phi) is 7.91. The molecule has 2 atom stereocenters. The Morgan fingerprint density at radius 1 is 1.21 bits per heavy atom. The van der Waals surface area contributed by atoms with Crippen molar-refractivity contribution in [2.24, 2.45) is 11.7 Å². The first-order chi connectivity index (χ1) is 18.0. The van der Waals surface area contributed by atoms with E-state index in [2.05, 4.69) is 20.6 Å². The largest absolute Gasteiger partial charge is 0.494 e. The normalized spacial score (nSPS) is 15.2. The maximum atomic E-state index is 13.3. The predicted octanol–water partition coefficient (Wildman–Crippen LogP) is 4.36. The molecule has 1 aromatic carbocycles. The van der Waals surface area contributed by atoms with Gasteiger partial charge in [0.2, 0.25) is 11.8 Å². The van der Waals surface area contributed by atoms with Gasteiger partial charge in [0, 0.05) is 29.5 Å². The van der Waals surface area contributed by atoms with Gasteiger partial charge < -0.3 is 25.5 Å². The minimum absolute atomic E-state index is 0.00531. The van der Waals surface area contributed by atoms with Gasteiger partial charge in [0.05, 0.1) is 13.2 Å². The molecule has 0 saturated heterocycles. The highest BCUT2D eigenvalue weighted by atomic mass is 19.4. The lowest BCUT2D eigenvalue weighted by molar-refractivity contribution is -0.141. The van der Waals surface area contributed by atoms with E-state index >= 15 is 0 Å². The maximum absolute atomic E-state index is 13.3. The number of hydrogen-bond acceptors (Lipinski definition) is 7. The number of ether oxygens (including phenoxy) is 1. The van der Waals surface area contributed by atoms with Crippen LogP contribution in [-0.4, -0.2) is 41.5 Å². The van der Waals surface area contributed by atoms with Gasteiger partial charge >= 0.3 is 6.18 Å². The average molecular weight is 534 g/mol. The lowest BCUT2D eigenvalue weighted by atomic mass is 10.1. The molecule has 2 heterocycles. The first kappa shape index (κ1) is 27.4. The van der Waals surface area contributed by atoms with Crippen molar-refractivity contribution in [3.8, 4) is 17.2 Å². The molecule has 1 saturated carbocycles. The highest BCUT2D eigenvalue weighted by Crippen LogP contribution is 2.37. The van der Waals surface area contributed by atoms with Gasteiger partial charge in [-0.15, -0.1) is 0 Å². The monoisotopic (exact) mass is 533 g/mol. The first-order valence-electron chi connectivity index (χ1n) is 12.4. The summed E-state index contributed by atoms with van der Waals surface area (Å²) in [6.07, 6.45) is -1.48. The third-order valence-electron chi connectivity index (χ3n) is 6.29. The number of aromatic nitrogens is 2. The van der Waals surface area contributed by atoms with Gasteiger partial charge in [-0.1, -0.05) is 13.3 Å². The number of methoxy groups -OCH3 is 1. The molecule has 1 fully saturated rings. The molecule has 0 spiro atoms. The molecular weight excluding hydrogens is 503 g/mol. The number of carbonyl (C=O) groups excluding carboxylic acids is 2. The molecule has 12 heteroatoms. The van der Waals surface area contributed by atoms with Crippen LogP contribution in [0.2, 0.25) is 0 Å². The van der Waals surface area contributed by atoms with Crippen LogP contribution in [0.5, 0.6) is 5.75 Å². The van der Waals surface area contributed by atoms with Crippen molar-refractivity contribution in [1.29, 1.82) is 0 Å². The molecule has 9 nitrogen and oxygen atoms in total. The van der Waals surface area contributed by atoms with E-state index in [1.165, 1.54) is 19.2 Å². The van der Waals surface area contributed by atoms with Gasteiger partial charge in [-0.2, -0.15) is 13.2 Å². The molecule has 2 amide bonds. The molecule has 1 aliphatic rings. The molecule has 38 heavy (non-hydrogen) atoms. The number of nitrogens with one attached hydrogen (secondary N) is 2. The lowest BCUT2D eigenvalue weighted by Crippen LogP contribution is -2.44. The van der Waals surface area contributed by atoms with Crippen LogP contribution in [0.1, 0.15) is 67.5 Å². The summed E-state index contributed by atoms with van der Waals surface area (Å²) in [5.74, 6) is -0.223. The van der Waals surface area contributed by atoms with Crippen molar-refractivity contribution in [3.05, 3.63) is 41.4 Å². The molecule has 4 rings (SSSR count). The zero-order valence-electron chi connectivity index (χ0n) is 21.3. The Bertz CT molecular complexity index is 1330. The Balaban J connectivity index is 1.67. The number of nitrogens with two attached hydrogens (primary N) is 1. The second kappa shape index (κ2) is 11.0. The average Bonchev–Trinajstić information content (AvgIpc) is 3.63. The minimum Gasteiger partial charge on any atom is -0.494 e. The van der Waals surface area contributed by atoms with Crippen molar-refractivity contribution >= 4 is 22.7 Å². The quantitative estimate of drug-likeness (QED) is 0.353. The van der Waals surface area contributed by atoms with Crippen LogP contribution in [0, 0.1) is 5.92 Å². The highest BCUT2D eigenvalue weighted by molar-refractivity contribution is 5.98. The van der Waals surface area contributed by atoms with Crippen LogP contribution in [0.4, 0.5) is 13.2 Å². The van der Waals surface area contributed by atoms with Crippen LogP contribution in [0.3, 0.4) is 0 Å². The van der Waals surface area contributed by atoms with Crippen LogP contribution in [-0.2, 0) is 11.0 Å². The number of fused-ring (bicyclic) bond motifs is 1. The van der Waals surface area contributed by atoms with E-state index in [0.717, 1.165) is 25.3 Å². The third kappa shape index (κ3) is 5.90. The SMILES string of the molecule is CCC[C@@H](CNC(=O)C1CC1)NC(=O)c1nc(-c2ccc(OC)c3nc(C(F)(F)F)ccc23)oc1[C@H](C)N. The molecule has 3 aromatic rings. The van der Waals surface area contributed by atoms with Crippen molar-refractivity contribution in [2.45, 2.75) is 57.8 Å². The second-order valence-electron chi connectivity index (χ2n) is 9.40. The topological polar surface area (TPSA) is 132 Å². The van der Waals surface area contributed by atoms with E-state index in [-0.39, 0.29) is 53.0 Å². The molecule has 0 aliphatic heterocycles. The lowest BCUT2D eigenvalue weighted by Gasteiger charge is -2.18. The van der Waals surface area contributed by atoms with Gasteiger partial charge in [0.15, 0.2) is 11.5 Å². The zero-order valence-corrected chi connectivity index (χ0v) is 21.3. The molecule has 0 unspecified atom stereocenters. The molecule has 0 radical (unpaired) electrons. The number of pyridine rings is 1. The van der Waals surface area contributed by atoms with Crippen LogP contribution >= 0.6 is 0 Å². The van der Waals surface area contributed by atoms with Crippen molar-refractivity contribution in [1.82, 2.24) is 20.6 Å². The van der Waals surface area contributed by atoms with Crippen molar-refractivity contribution in [2.75, 3.05) is 13.7 Å². The Morgan fingerprint density at radius 2 is 1.95 bits per heavy atom. The molecule has 4 N–H and O–H groups in total. The summed E-state index contributed by atoms with van der Waals surface area (Å²) in [6, 6.07) is 4.12. The smallest absolute Gasteiger partial charge is 0.433 e. The molecule has 1 aliphatic carbocycles. The molecule has 204 valence electrons. The summed E-state index contributed by atoms with van der Waals surface area (Å²) in [5, 5.41) is 6.08. The van der Waals surface area contributed by atoms with Crippen molar-refractivity contribution < 1.29 is 31.9 Å². The zero-order chi connectivity index (χ0) is 27.6. The number of carbonyl (C=O) groups is 2. The summed E-state index contributed by atoms with van der Waals surface area (Å²) in [6.45, 7) is 3.88. The van der Waals surface area contributed by atoms with E-state index in [4.69, 9.17) is 14.9 Å². The van der Waals surface area contributed by atoms with Crippen LogP contribution in [0.15, 0.2) is 28.7 Å². The van der Waals surface area contributed by atoms with Gasteiger partial charge in [-0.3, -0.25) is 9.59 Å². The summed E-state index contributed by atoms with van der Waals surface area (Å²) in [7, 11) is 1.33. The van der Waals surface area contributed by atoms with Crippen LogP contribution < -0.4 is 21.1 Å². The maximum Gasteiger partial charge on any atom is 0.433 e. The summed E-state index contributed by atoms with van der Waals surface area (Å²) >= 11 is 0. The Morgan fingerprint density at radius 3 is 2.55 bits per heavy atom. The van der Waals surface area contributed by atoms with Gasteiger partial charge in [0.25, 0.3) is 5.91 Å². The standard InChI is InChI=1S/C26H30F3N5O4/c1-4-5-15(12-31-23(35)14-6-7-14)32-24(36)21-22(13(2)30)38-25(34-21)17-8-10-18(37-3)20-16(17)9-11-19(33-20)26(27,28)29/h8-11,13-15H,4-7,12,30H2,1-3H3,(H,31,35)(H,32,36)/t13-,15-/m0/s1.